The fourth-order valence-corrected chi connectivity index (χ4v) is 4.79. The van der Waals surface area contributed by atoms with E-state index in [4.69, 9.17) is 4.74 Å². The van der Waals surface area contributed by atoms with E-state index < -0.39 is 29.3 Å². The molecule has 180 valence electrons. The summed E-state index contributed by atoms with van der Waals surface area (Å²) in [5.41, 5.74) is 0.731. The molecule has 0 spiro atoms. The molecule has 0 radical (unpaired) electrons. The molecular weight excluding hydrogens is 449 g/mol. The van der Waals surface area contributed by atoms with E-state index in [1.54, 1.807) is 12.1 Å². The van der Waals surface area contributed by atoms with Gasteiger partial charge < -0.3 is 15.0 Å². The molecule has 0 saturated carbocycles. The number of benzene rings is 2. The van der Waals surface area contributed by atoms with E-state index in [2.05, 4.69) is 17.5 Å². The average Bonchev–Trinajstić information content (AvgIpc) is 3.25. The number of carbonyl (C=O) groups is 2. The lowest BCUT2D eigenvalue weighted by Gasteiger charge is -2.41. The molecule has 4 rings (SSSR count). The van der Waals surface area contributed by atoms with Crippen LogP contribution < -0.4 is 15.1 Å². The number of cyclic esters (lactones) is 1. The molecule has 8 nitrogen and oxygen atoms in total. The standard InChI is InChI=1S/C26H26FN5O3/c1-18(33)30-15-21-16-32(25(34)35-21)20-7-8-24(23(27)13-20)31-11-9-26(17-29,10-12-31)22(14-28)19-5-3-2-4-6-19/h2-8,13,21-22H,9-12,15-16H2,1H3,(H,30,33). The third kappa shape index (κ3) is 4.90. The van der Waals surface area contributed by atoms with Crippen molar-refractivity contribution in [1.82, 2.24) is 5.32 Å². The zero-order valence-corrected chi connectivity index (χ0v) is 19.4. The Kier molecular flexibility index (Phi) is 6.88. The maximum atomic E-state index is 15.1. The number of hydrogen-bond acceptors (Lipinski definition) is 6. The Morgan fingerprint density at radius 2 is 1.94 bits per heavy atom. The highest BCUT2D eigenvalue weighted by molar-refractivity contribution is 5.90. The van der Waals surface area contributed by atoms with E-state index in [0.29, 0.717) is 37.3 Å². The minimum Gasteiger partial charge on any atom is -0.442 e. The fraction of sp³-hybridized carbons (Fsp3) is 0.385. The molecule has 2 unspecified atom stereocenters. The van der Waals surface area contributed by atoms with E-state index in [1.165, 1.54) is 17.9 Å². The quantitative estimate of drug-likeness (QED) is 0.682. The van der Waals surface area contributed by atoms with Crippen LogP contribution in [0, 0.1) is 33.9 Å². The molecule has 0 bridgehead atoms. The van der Waals surface area contributed by atoms with Crippen molar-refractivity contribution in [2.75, 3.05) is 36.0 Å². The average molecular weight is 476 g/mol. The number of carbonyl (C=O) groups excluding carboxylic acids is 2. The first-order valence-corrected chi connectivity index (χ1v) is 11.5. The molecule has 2 heterocycles. The lowest BCUT2D eigenvalue weighted by Crippen LogP contribution is -2.42. The van der Waals surface area contributed by atoms with Crippen molar-refractivity contribution in [2.45, 2.75) is 31.8 Å². The van der Waals surface area contributed by atoms with Crippen molar-refractivity contribution >= 4 is 23.4 Å². The summed E-state index contributed by atoms with van der Waals surface area (Å²) in [5.74, 6) is -1.26. The lowest BCUT2D eigenvalue weighted by molar-refractivity contribution is -0.119. The molecule has 2 aromatic carbocycles. The van der Waals surface area contributed by atoms with Gasteiger partial charge >= 0.3 is 6.09 Å². The van der Waals surface area contributed by atoms with Gasteiger partial charge in [-0.05, 0) is 36.6 Å². The topological polar surface area (TPSA) is 109 Å². The summed E-state index contributed by atoms with van der Waals surface area (Å²) < 4.78 is 20.4. The van der Waals surface area contributed by atoms with Crippen LogP contribution in [-0.4, -0.2) is 44.3 Å². The molecule has 1 N–H and O–H groups in total. The van der Waals surface area contributed by atoms with Gasteiger partial charge in [0.25, 0.3) is 0 Å². The number of piperidine rings is 1. The predicted molar refractivity (Wildman–Crippen MR) is 127 cm³/mol. The maximum absolute atomic E-state index is 15.1. The first-order valence-electron chi connectivity index (χ1n) is 11.5. The van der Waals surface area contributed by atoms with Gasteiger partial charge in [-0.15, -0.1) is 0 Å². The molecule has 2 amide bonds. The Bertz CT molecular complexity index is 1180. The van der Waals surface area contributed by atoms with Gasteiger partial charge in [0.15, 0.2) is 0 Å². The van der Waals surface area contributed by atoms with Crippen molar-refractivity contribution in [3.63, 3.8) is 0 Å². The summed E-state index contributed by atoms with van der Waals surface area (Å²) >= 11 is 0. The number of rotatable bonds is 6. The molecule has 9 heteroatoms. The third-order valence-corrected chi connectivity index (χ3v) is 6.73. The number of anilines is 2. The zero-order chi connectivity index (χ0) is 25.0. The number of nitrogens with one attached hydrogen (secondary N) is 1. The molecule has 2 saturated heterocycles. The molecular formula is C26H26FN5O3. The van der Waals surface area contributed by atoms with Gasteiger partial charge in [0.2, 0.25) is 5.91 Å². The fourth-order valence-electron chi connectivity index (χ4n) is 4.79. The van der Waals surface area contributed by atoms with E-state index in [1.807, 2.05) is 35.2 Å². The molecule has 2 aliphatic heterocycles. The lowest BCUT2D eigenvalue weighted by atomic mass is 9.67. The Balaban J connectivity index is 1.45. The second kappa shape index (κ2) is 10.0. The third-order valence-electron chi connectivity index (χ3n) is 6.73. The number of halogens is 1. The monoisotopic (exact) mass is 475 g/mol. The van der Waals surface area contributed by atoms with Crippen LogP contribution in [0.1, 0.15) is 31.2 Å². The van der Waals surface area contributed by atoms with Gasteiger partial charge in [-0.3, -0.25) is 9.69 Å². The summed E-state index contributed by atoms with van der Waals surface area (Å²) in [5, 5.41) is 22.5. The predicted octanol–water partition coefficient (Wildman–Crippen LogP) is 3.70. The molecule has 0 aliphatic carbocycles. The van der Waals surface area contributed by atoms with Crippen LogP contribution in [0.5, 0.6) is 0 Å². The van der Waals surface area contributed by atoms with Crippen LogP contribution in [0.25, 0.3) is 0 Å². The van der Waals surface area contributed by atoms with Gasteiger partial charge in [-0.2, -0.15) is 10.5 Å². The Morgan fingerprint density at radius 3 is 2.54 bits per heavy atom. The minimum atomic E-state index is -0.842. The maximum Gasteiger partial charge on any atom is 0.414 e. The molecule has 2 aromatic rings. The second-order valence-corrected chi connectivity index (χ2v) is 8.92. The summed E-state index contributed by atoms with van der Waals surface area (Å²) in [7, 11) is 0. The summed E-state index contributed by atoms with van der Waals surface area (Å²) in [4.78, 5) is 26.6. The Hall–Kier alpha value is -4.11. The first kappa shape index (κ1) is 24.0. The van der Waals surface area contributed by atoms with Crippen molar-refractivity contribution in [1.29, 1.82) is 10.5 Å². The van der Waals surface area contributed by atoms with Crippen molar-refractivity contribution in [3.05, 3.63) is 59.9 Å². The van der Waals surface area contributed by atoms with E-state index in [9.17, 15) is 20.1 Å². The van der Waals surface area contributed by atoms with Crippen LogP contribution in [0.3, 0.4) is 0 Å². The number of hydrogen-bond donors (Lipinski definition) is 1. The van der Waals surface area contributed by atoms with Crippen LogP contribution in [0.2, 0.25) is 0 Å². The second-order valence-electron chi connectivity index (χ2n) is 8.92. The minimum absolute atomic E-state index is 0.194. The summed E-state index contributed by atoms with van der Waals surface area (Å²) in [6.45, 7) is 2.64. The van der Waals surface area contributed by atoms with E-state index in [0.717, 1.165) is 5.56 Å². The van der Waals surface area contributed by atoms with Crippen LogP contribution in [0.4, 0.5) is 20.6 Å². The van der Waals surface area contributed by atoms with Gasteiger partial charge in [-0.1, -0.05) is 30.3 Å². The first-order chi connectivity index (χ1) is 16.9. The number of amides is 2. The highest BCUT2D eigenvalue weighted by Gasteiger charge is 2.43. The molecule has 2 fully saturated rings. The number of ether oxygens (including phenoxy) is 1. The highest BCUT2D eigenvalue weighted by Crippen LogP contribution is 2.45. The summed E-state index contributed by atoms with van der Waals surface area (Å²) in [6.07, 6.45) is -0.233. The van der Waals surface area contributed by atoms with E-state index in [-0.39, 0.29) is 19.0 Å². The number of nitrogens with zero attached hydrogens (tertiary/aromatic N) is 4. The largest absolute Gasteiger partial charge is 0.442 e. The van der Waals surface area contributed by atoms with Crippen LogP contribution in [0.15, 0.2) is 48.5 Å². The molecule has 0 aromatic heterocycles. The smallest absolute Gasteiger partial charge is 0.414 e. The van der Waals surface area contributed by atoms with Crippen LogP contribution in [-0.2, 0) is 9.53 Å². The van der Waals surface area contributed by atoms with Crippen molar-refractivity contribution in [3.8, 4) is 12.1 Å². The number of nitriles is 2. The van der Waals surface area contributed by atoms with Crippen LogP contribution >= 0.6 is 0 Å². The summed E-state index contributed by atoms with van der Waals surface area (Å²) in [6, 6.07) is 18.6. The molecule has 2 aliphatic rings. The molecule has 2 atom stereocenters. The molecule has 35 heavy (non-hydrogen) atoms. The Labute approximate surface area is 203 Å². The zero-order valence-electron chi connectivity index (χ0n) is 19.4. The highest BCUT2D eigenvalue weighted by atomic mass is 19.1. The van der Waals surface area contributed by atoms with Gasteiger partial charge in [0.05, 0.1) is 47.9 Å². The van der Waals surface area contributed by atoms with Crippen molar-refractivity contribution < 1.29 is 18.7 Å². The SMILES string of the molecule is CC(=O)NCC1CN(c2ccc(N3CCC(C#N)(C(C#N)c4ccccc4)CC3)c(F)c2)C(=O)O1. The van der Waals surface area contributed by atoms with Gasteiger partial charge in [0.1, 0.15) is 11.9 Å². The Morgan fingerprint density at radius 1 is 1.23 bits per heavy atom. The van der Waals surface area contributed by atoms with E-state index >= 15 is 4.39 Å². The van der Waals surface area contributed by atoms with Gasteiger partial charge in [0, 0.05) is 20.0 Å². The van der Waals surface area contributed by atoms with Crippen molar-refractivity contribution in [2.24, 2.45) is 5.41 Å². The van der Waals surface area contributed by atoms with Gasteiger partial charge in [-0.25, -0.2) is 9.18 Å². The normalized spacial score (nSPS) is 19.9.